The first-order valence-electron chi connectivity index (χ1n) is 6.32. The maximum absolute atomic E-state index is 11.9. The molecule has 0 spiro atoms. The zero-order valence-electron chi connectivity index (χ0n) is 11.5. The summed E-state index contributed by atoms with van der Waals surface area (Å²) in [5.74, 6) is -1.26. The fourth-order valence-corrected chi connectivity index (χ4v) is 1.83. The third kappa shape index (κ3) is 4.31. The van der Waals surface area contributed by atoms with Gasteiger partial charge >= 0.3 is 5.97 Å². The van der Waals surface area contributed by atoms with Crippen molar-refractivity contribution in [3.63, 3.8) is 0 Å². The van der Waals surface area contributed by atoms with E-state index in [1.807, 2.05) is 0 Å². The molecule has 21 heavy (non-hydrogen) atoms. The van der Waals surface area contributed by atoms with Crippen LogP contribution >= 0.6 is 0 Å². The van der Waals surface area contributed by atoms with E-state index in [1.54, 1.807) is 54.5 Å². The van der Waals surface area contributed by atoms with E-state index in [2.05, 4.69) is 10.4 Å². The molecule has 6 heteroatoms. The number of para-hydroxylation sites is 1. The highest BCUT2D eigenvalue weighted by Crippen LogP contribution is 2.15. The van der Waals surface area contributed by atoms with Crippen LogP contribution in [-0.2, 0) is 23.1 Å². The Labute approximate surface area is 121 Å². The molecule has 0 aliphatic carbocycles. The molecule has 0 unspecified atom stereocenters. The molecule has 2 aromatic rings. The van der Waals surface area contributed by atoms with Crippen molar-refractivity contribution in [1.82, 2.24) is 9.78 Å². The number of aryl methyl sites for hydroxylation is 1. The Morgan fingerprint density at radius 1 is 1.38 bits per heavy atom. The lowest BCUT2D eigenvalue weighted by molar-refractivity contribution is -0.136. The van der Waals surface area contributed by atoms with Crippen LogP contribution < -0.4 is 5.32 Å². The van der Waals surface area contributed by atoms with Crippen molar-refractivity contribution >= 4 is 23.6 Å². The summed E-state index contributed by atoms with van der Waals surface area (Å²) in [6, 6.07) is 6.83. The van der Waals surface area contributed by atoms with Gasteiger partial charge in [-0.15, -0.1) is 0 Å². The quantitative estimate of drug-likeness (QED) is 0.819. The summed E-state index contributed by atoms with van der Waals surface area (Å²) in [6.45, 7) is 0. The van der Waals surface area contributed by atoms with Gasteiger partial charge in [0, 0.05) is 30.6 Å². The fraction of sp³-hybridized carbons (Fsp3) is 0.133. The molecular formula is C15H15N3O3. The summed E-state index contributed by atoms with van der Waals surface area (Å²) in [4.78, 5) is 22.6. The maximum atomic E-state index is 11.9. The molecule has 0 radical (unpaired) electrons. The summed E-state index contributed by atoms with van der Waals surface area (Å²) in [5.41, 5.74) is 1.88. The van der Waals surface area contributed by atoms with Crippen LogP contribution in [0.15, 0.2) is 42.7 Å². The minimum absolute atomic E-state index is 0.136. The van der Waals surface area contributed by atoms with Crippen LogP contribution in [0.1, 0.15) is 11.1 Å². The number of anilines is 1. The molecule has 2 N–H and O–H groups in total. The molecule has 0 saturated heterocycles. The SMILES string of the molecule is Cn1cc(C=CC(=O)Nc2ccccc2CC(=O)O)cn1. The molecular weight excluding hydrogens is 270 g/mol. The van der Waals surface area contributed by atoms with Crippen molar-refractivity contribution in [1.29, 1.82) is 0 Å². The van der Waals surface area contributed by atoms with Crippen LogP contribution in [0.25, 0.3) is 6.08 Å². The predicted octanol–water partition coefficient (Wildman–Crippen LogP) is 1.70. The lowest BCUT2D eigenvalue weighted by Crippen LogP contribution is -2.11. The van der Waals surface area contributed by atoms with Gasteiger partial charge in [-0.3, -0.25) is 14.3 Å². The minimum atomic E-state index is -0.942. The van der Waals surface area contributed by atoms with Crippen molar-refractivity contribution in [3.05, 3.63) is 53.9 Å². The molecule has 6 nitrogen and oxygen atoms in total. The van der Waals surface area contributed by atoms with Crippen LogP contribution in [0.3, 0.4) is 0 Å². The highest BCUT2D eigenvalue weighted by Gasteiger charge is 2.07. The van der Waals surface area contributed by atoms with Gasteiger partial charge in [0.15, 0.2) is 0 Å². The summed E-state index contributed by atoms with van der Waals surface area (Å²) in [6.07, 6.45) is 6.31. The van der Waals surface area contributed by atoms with Gasteiger partial charge in [-0.25, -0.2) is 0 Å². The molecule has 0 atom stereocenters. The van der Waals surface area contributed by atoms with Gasteiger partial charge in [0.25, 0.3) is 0 Å². The Bertz CT molecular complexity index is 689. The third-order valence-corrected chi connectivity index (χ3v) is 2.77. The largest absolute Gasteiger partial charge is 0.481 e. The van der Waals surface area contributed by atoms with Gasteiger partial charge in [-0.2, -0.15) is 5.10 Å². The number of nitrogens with zero attached hydrogens (tertiary/aromatic N) is 2. The van der Waals surface area contributed by atoms with Crippen molar-refractivity contribution in [3.8, 4) is 0 Å². The van der Waals surface area contributed by atoms with Crippen LogP contribution in [0.5, 0.6) is 0 Å². The predicted molar refractivity (Wildman–Crippen MR) is 78.7 cm³/mol. The molecule has 1 amide bonds. The Hall–Kier alpha value is -2.89. The lowest BCUT2D eigenvalue weighted by atomic mass is 10.1. The molecule has 2 rings (SSSR count). The van der Waals surface area contributed by atoms with Crippen LogP contribution in [0, 0.1) is 0 Å². The lowest BCUT2D eigenvalue weighted by Gasteiger charge is -2.07. The van der Waals surface area contributed by atoms with Crippen molar-refractivity contribution in [2.45, 2.75) is 6.42 Å². The maximum Gasteiger partial charge on any atom is 0.307 e. The summed E-state index contributed by atoms with van der Waals surface area (Å²) >= 11 is 0. The monoisotopic (exact) mass is 285 g/mol. The number of carbonyl (C=O) groups is 2. The summed E-state index contributed by atoms with van der Waals surface area (Å²) < 4.78 is 1.64. The number of benzene rings is 1. The number of rotatable bonds is 5. The highest BCUT2D eigenvalue weighted by molar-refractivity contribution is 6.02. The molecule has 108 valence electrons. The van der Waals surface area contributed by atoms with E-state index in [4.69, 9.17) is 5.11 Å². The number of nitrogens with one attached hydrogen (secondary N) is 1. The number of carbonyl (C=O) groups excluding carboxylic acids is 1. The zero-order valence-corrected chi connectivity index (χ0v) is 11.5. The smallest absolute Gasteiger partial charge is 0.307 e. The number of hydrogen-bond donors (Lipinski definition) is 2. The van der Waals surface area contributed by atoms with Crippen molar-refractivity contribution in [2.24, 2.45) is 7.05 Å². The first-order valence-corrected chi connectivity index (χ1v) is 6.32. The fourth-order valence-electron chi connectivity index (χ4n) is 1.83. The zero-order chi connectivity index (χ0) is 15.2. The number of aromatic nitrogens is 2. The normalized spacial score (nSPS) is 10.7. The van der Waals surface area contributed by atoms with E-state index in [0.29, 0.717) is 11.3 Å². The number of carboxylic acid groups (broad SMARTS) is 1. The van der Waals surface area contributed by atoms with Crippen LogP contribution in [0.2, 0.25) is 0 Å². The topological polar surface area (TPSA) is 84.2 Å². The average Bonchev–Trinajstić information content (AvgIpc) is 2.84. The van der Waals surface area contributed by atoms with Crippen LogP contribution in [-0.4, -0.2) is 26.8 Å². The Morgan fingerprint density at radius 2 is 2.14 bits per heavy atom. The molecule has 0 aliphatic rings. The molecule has 0 aliphatic heterocycles. The average molecular weight is 285 g/mol. The van der Waals surface area contributed by atoms with Gasteiger partial charge in [0.1, 0.15) is 0 Å². The van der Waals surface area contributed by atoms with Gasteiger partial charge in [0.2, 0.25) is 5.91 Å². The van der Waals surface area contributed by atoms with E-state index >= 15 is 0 Å². The Balaban J connectivity index is 2.06. The molecule has 0 bridgehead atoms. The van der Waals surface area contributed by atoms with Crippen molar-refractivity contribution < 1.29 is 14.7 Å². The van der Waals surface area contributed by atoms with Gasteiger partial charge in [-0.1, -0.05) is 18.2 Å². The number of hydrogen-bond acceptors (Lipinski definition) is 3. The number of aliphatic carboxylic acids is 1. The molecule has 0 fully saturated rings. The summed E-state index contributed by atoms with van der Waals surface area (Å²) in [5, 5.41) is 15.5. The Kier molecular flexibility index (Phi) is 4.50. The van der Waals surface area contributed by atoms with E-state index in [1.165, 1.54) is 6.08 Å². The number of amides is 1. The molecule has 1 aromatic carbocycles. The second-order valence-corrected chi connectivity index (χ2v) is 4.50. The van der Waals surface area contributed by atoms with Gasteiger partial charge in [0.05, 0.1) is 12.6 Å². The standard InChI is InChI=1S/C15H15N3O3/c1-18-10-11(9-16-18)6-7-14(19)17-13-5-3-2-4-12(13)8-15(20)21/h2-7,9-10H,8H2,1H3,(H,17,19)(H,20,21). The minimum Gasteiger partial charge on any atom is -0.481 e. The van der Waals surface area contributed by atoms with E-state index < -0.39 is 5.97 Å². The molecule has 0 saturated carbocycles. The second-order valence-electron chi connectivity index (χ2n) is 4.50. The first kappa shape index (κ1) is 14.5. The van der Waals surface area contributed by atoms with E-state index in [0.717, 1.165) is 5.56 Å². The Morgan fingerprint density at radius 3 is 2.81 bits per heavy atom. The first-order chi connectivity index (χ1) is 10.0. The third-order valence-electron chi connectivity index (χ3n) is 2.77. The van der Waals surface area contributed by atoms with Crippen molar-refractivity contribution in [2.75, 3.05) is 5.32 Å². The highest BCUT2D eigenvalue weighted by atomic mass is 16.4. The summed E-state index contributed by atoms with van der Waals surface area (Å²) in [7, 11) is 1.79. The molecule has 1 heterocycles. The van der Waals surface area contributed by atoms with Gasteiger partial charge < -0.3 is 10.4 Å². The second kappa shape index (κ2) is 6.51. The van der Waals surface area contributed by atoms with E-state index in [9.17, 15) is 9.59 Å². The molecule has 1 aromatic heterocycles. The number of carboxylic acids is 1. The van der Waals surface area contributed by atoms with Gasteiger partial charge in [-0.05, 0) is 17.7 Å². The van der Waals surface area contributed by atoms with E-state index in [-0.39, 0.29) is 12.3 Å². The van der Waals surface area contributed by atoms with Crippen LogP contribution in [0.4, 0.5) is 5.69 Å².